The number of hydrogen-bond donors (Lipinski definition) is 2. The number of benzene rings is 1. The molecular formula is C15H27ClN2O2S. The van der Waals surface area contributed by atoms with Crippen molar-refractivity contribution in [2.75, 3.05) is 6.54 Å². The van der Waals surface area contributed by atoms with Crippen molar-refractivity contribution in [2.45, 2.75) is 51.0 Å². The van der Waals surface area contributed by atoms with Gasteiger partial charge >= 0.3 is 0 Å². The molecule has 0 aliphatic carbocycles. The van der Waals surface area contributed by atoms with Gasteiger partial charge in [-0.2, -0.15) is 0 Å². The molecule has 0 heterocycles. The van der Waals surface area contributed by atoms with E-state index in [0.29, 0.717) is 12.3 Å². The van der Waals surface area contributed by atoms with Crippen LogP contribution >= 0.6 is 12.4 Å². The molecule has 1 atom stereocenters. The zero-order valence-corrected chi connectivity index (χ0v) is 14.9. The maximum absolute atomic E-state index is 12.4. The van der Waals surface area contributed by atoms with Crippen LogP contribution in [-0.4, -0.2) is 20.5 Å². The molecule has 0 fully saturated rings. The van der Waals surface area contributed by atoms with Crippen molar-refractivity contribution in [1.82, 2.24) is 4.72 Å². The largest absolute Gasteiger partial charge is 0.329 e. The number of nitrogens with two attached hydrogens (primary N) is 1. The average molecular weight is 335 g/mol. The lowest BCUT2D eigenvalue weighted by Gasteiger charge is -2.30. The first-order chi connectivity index (χ1) is 9.22. The van der Waals surface area contributed by atoms with Crippen LogP contribution in [0.4, 0.5) is 0 Å². The summed E-state index contributed by atoms with van der Waals surface area (Å²) < 4.78 is 27.6. The van der Waals surface area contributed by atoms with Gasteiger partial charge in [-0.1, -0.05) is 32.9 Å². The number of sulfonamides is 1. The number of halogens is 1. The second kappa shape index (κ2) is 8.13. The van der Waals surface area contributed by atoms with E-state index in [1.807, 2.05) is 26.0 Å². The lowest BCUT2D eigenvalue weighted by atomic mass is 9.92. The van der Waals surface area contributed by atoms with Crippen LogP contribution in [0.2, 0.25) is 0 Å². The van der Waals surface area contributed by atoms with Gasteiger partial charge in [-0.3, -0.25) is 0 Å². The molecule has 4 nitrogen and oxygen atoms in total. The minimum Gasteiger partial charge on any atom is -0.329 e. The van der Waals surface area contributed by atoms with E-state index in [-0.39, 0.29) is 23.8 Å². The number of hydrogen-bond acceptors (Lipinski definition) is 3. The summed E-state index contributed by atoms with van der Waals surface area (Å²) in [5.74, 6) is 0.369. The first-order valence-electron chi connectivity index (χ1n) is 7.05. The highest BCUT2D eigenvalue weighted by atomic mass is 35.5. The fourth-order valence-corrected chi connectivity index (χ4v) is 3.78. The molecule has 0 aliphatic heterocycles. The van der Waals surface area contributed by atoms with Gasteiger partial charge < -0.3 is 5.73 Å². The third kappa shape index (κ3) is 5.94. The molecule has 0 radical (unpaired) electrons. The predicted molar refractivity (Wildman–Crippen MR) is 90.3 cm³/mol. The fourth-order valence-electron chi connectivity index (χ4n) is 2.36. The van der Waals surface area contributed by atoms with E-state index in [0.717, 1.165) is 12.0 Å². The van der Waals surface area contributed by atoms with Crippen LogP contribution < -0.4 is 10.5 Å². The highest BCUT2D eigenvalue weighted by Crippen LogP contribution is 2.19. The third-order valence-corrected chi connectivity index (χ3v) is 4.99. The molecule has 1 rings (SSSR count). The Bertz CT molecular complexity index is 529. The summed E-state index contributed by atoms with van der Waals surface area (Å²) in [6, 6.07) is 6.98. The molecular weight excluding hydrogens is 308 g/mol. The van der Waals surface area contributed by atoms with Gasteiger partial charge in [0.15, 0.2) is 0 Å². The van der Waals surface area contributed by atoms with E-state index in [4.69, 9.17) is 5.73 Å². The van der Waals surface area contributed by atoms with Crippen LogP contribution in [0.3, 0.4) is 0 Å². The maximum Gasteiger partial charge on any atom is 0.241 e. The van der Waals surface area contributed by atoms with Crippen LogP contribution in [0, 0.1) is 5.92 Å². The maximum atomic E-state index is 12.4. The van der Waals surface area contributed by atoms with Gasteiger partial charge in [-0.15, -0.1) is 12.4 Å². The Morgan fingerprint density at radius 2 is 1.76 bits per heavy atom. The smallest absolute Gasteiger partial charge is 0.241 e. The van der Waals surface area contributed by atoms with E-state index in [2.05, 4.69) is 18.6 Å². The normalized spacial score (nSPS) is 14.6. The Hall–Kier alpha value is -0.620. The molecule has 0 saturated heterocycles. The van der Waals surface area contributed by atoms with E-state index in [1.165, 1.54) is 0 Å². The summed E-state index contributed by atoms with van der Waals surface area (Å²) in [7, 11) is -3.53. The number of rotatable bonds is 7. The molecule has 1 unspecified atom stereocenters. The van der Waals surface area contributed by atoms with Crippen molar-refractivity contribution in [3.05, 3.63) is 29.8 Å². The molecule has 0 amide bonds. The van der Waals surface area contributed by atoms with Gasteiger partial charge in [-0.25, -0.2) is 13.1 Å². The lowest BCUT2D eigenvalue weighted by molar-refractivity contribution is 0.344. The van der Waals surface area contributed by atoms with Gasteiger partial charge in [0.05, 0.1) is 4.90 Å². The predicted octanol–water partition coefficient (Wildman–Crippen LogP) is 2.71. The van der Waals surface area contributed by atoms with E-state index in [1.54, 1.807) is 12.1 Å². The number of nitrogens with one attached hydrogen (secondary N) is 1. The molecule has 1 aromatic rings. The summed E-state index contributed by atoms with van der Waals surface area (Å²) in [6.07, 6.45) is 1.59. The van der Waals surface area contributed by atoms with Crippen molar-refractivity contribution >= 4 is 22.4 Å². The standard InChI is InChI=1S/C15H26N2O2S.ClH/c1-5-13-6-8-14(9-7-13)20(18,19)17-15(4,11-16)10-12(2)3;/h6-9,12,17H,5,10-11,16H2,1-4H3;1H. The number of aryl methyl sites for hydroxylation is 1. The average Bonchev–Trinajstić information content (AvgIpc) is 2.37. The summed E-state index contributed by atoms with van der Waals surface area (Å²) >= 11 is 0. The Labute approximate surface area is 135 Å². The molecule has 3 N–H and O–H groups in total. The summed E-state index contributed by atoms with van der Waals surface area (Å²) in [4.78, 5) is 0.290. The highest BCUT2D eigenvalue weighted by Gasteiger charge is 2.30. The van der Waals surface area contributed by atoms with Crippen molar-refractivity contribution < 1.29 is 8.42 Å². The Morgan fingerprint density at radius 1 is 1.24 bits per heavy atom. The van der Waals surface area contributed by atoms with Gasteiger partial charge in [-0.05, 0) is 43.4 Å². The van der Waals surface area contributed by atoms with Crippen molar-refractivity contribution in [2.24, 2.45) is 11.7 Å². The van der Waals surface area contributed by atoms with Gasteiger partial charge in [0.2, 0.25) is 10.0 Å². The molecule has 0 saturated carbocycles. The fraction of sp³-hybridized carbons (Fsp3) is 0.600. The minimum absolute atomic E-state index is 0. The molecule has 122 valence electrons. The highest BCUT2D eigenvalue weighted by molar-refractivity contribution is 7.89. The third-order valence-electron chi connectivity index (χ3n) is 3.33. The van der Waals surface area contributed by atoms with Gasteiger partial charge in [0.25, 0.3) is 0 Å². The van der Waals surface area contributed by atoms with Crippen LogP contribution in [0.1, 0.15) is 39.7 Å². The minimum atomic E-state index is -3.53. The topological polar surface area (TPSA) is 72.2 Å². The van der Waals surface area contributed by atoms with Crippen LogP contribution in [0.5, 0.6) is 0 Å². The van der Waals surface area contributed by atoms with Crippen LogP contribution in [-0.2, 0) is 16.4 Å². The van der Waals surface area contributed by atoms with E-state index >= 15 is 0 Å². The van der Waals surface area contributed by atoms with Gasteiger partial charge in [0, 0.05) is 12.1 Å². The van der Waals surface area contributed by atoms with Gasteiger partial charge in [0.1, 0.15) is 0 Å². The Balaban J connectivity index is 0.00000400. The lowest BCUT2D eigenvalue weighted by Crippen LogP contribution is -2.51. The van der Waals surface area contributed by atoms with Crippen molar-refractivity contribution in [3.63, 3.8) is 0 Å². The Morgan fingerprint density at radius 3 is 2.14 bits per heavy atom. The molecule has 21 heavy (non-hydrogen) atoms. The van der Waals surface area contributed by atoms with E-state index < -0.39 is 15.6 Å². The molecule has 0 aromatic heterocycles. The summed E-state index contributed by atoms with van der Waals surface area (Å²) in [5.41, 5.74) is 6.26. The molecule has 0 bridgehead atoms. The SMILES string of the molecule is CCc1ccc(S(=O)(=O)NC(C)(CN)CC(C)C)cc1.Cl. The Kier molecular flexibility index (Phi) is 7.89. The quantitative estimate of drug-likeness (QED) is 0.805. The van der Waals surface area contributed by atoms with Crippen molar-refractivity contribution in [1.29, 1.82) is 0 Å². The summed E-state index contributed by atoms with van der Waals surface area (Å²) in [6.45, 7) is 8.27. The van der Waals surface area contributed by atoms with Crippen LogP contribution in [0.15, 0.2) is 29.2 Å². The van der Waals surface area contributed by atoms with Crippen molar-refractivity contribution in [3.8, 4) is 0 Å². The zero-order valence-electron chi connectivity index (χ0n) is 13.2. The molecule has 6 heteroatoms. The first-order valence-corrected chi connectivity index (χ1v) is 8.54. The second-order valence-corrected chi connectivity index (χ2v) is 7.65. The zero-order chi connectivity index (χ0) is 15.4. The van der Waals surface area contributed by atoms with Crippen LogP contribution in [0.25, 0.3) is 0 Å². The monoisotopic (exact) mass is 334 g/mol. The molecule has 0 aliphatic rings. The second-order valence-electron chi connectivity index (χ2n) is 5.97. The first kappa shape index (κ1) is 20.4. The summed E-state index contributed by atoms with van der Waals surface area (Å²) in [5, 5.41) is 0. The molecule has 1 aromatic carbocycles. The van der Waals surface area contributed by atoms with E-state index in [9.17, 15) is 8.42 Å². The molecule has 0 spiro atoms.